The van der Waals surface area contributed by atoms with E-state index in [-0.39, 0.29) is 30.0 Å². The highest BCUT2D eigenvalue weighted by atomic mass is 16.2. The maximum atomic E-state index is 14.3. The number of amides is 1. The lowest BCUT2D eigenvalue weighted by atomic mass is 9.87. The molecule has 0 aliphatic heterocycles. The average Bonchev–Trinajstić information content (AvgIpc) is 2.78. The van der Waals surface area contributed by atoms with E-state index in [9.17, 15) is 4.79 Å². The Labute approximate surface area is 187 Å². The Kier molecular flexibility index (Phi) is 7.64. The monoisotopic (exact) mass is 414 g/mol. The number of benzene rings is 3. The summed E-state index contributed by atoms with van der Waals surface area (Å²) in [6.45, 7) is 6.42. The Morgan fingerprint density at radius 2 is 1.03 bits per heavy atom. The summed E-state index contributed by atoms with van der Waals surface area (Å²) in [5.74, 6) is -0.208. The molecule has 1 amide bonds. The van der Waals surface area contributed by atoms with E-state index in [4.69, 9.17) is 0 Å². The number of hydrogen-bond donors (Lipinski definition) is 0. The first-order valence-corrected chi connectivity index (χ1v) is 11.0. The van der Waals surface area contributed by atoms with Gasteiger partial charge in [-0.1, -0.05) is 91.0 Å². The first kappa shape index (κ1) is 22.8. The Balaban J connectivity index is 2.13. The van der Waals surface area contributed by atoms with Crippen LogP contribution in [-0.2, 0) is 4.79 Å². The zero-order valence-corrected chi connectivity index (χ0v) is 19.3. The third kappa shape index (κ3) is 5.23. The van der Waals surface area contributed by atoms with E-state index in [1.807, 2.05) is 42.5 Å². The van der Waals surface area contributed by atoms with E-state index in [1.54, 1.807) is 0 Å². The molecule has 2 unspecified atom stereocenters. The molecule has 0 aliphatic rings. The zero-order chi connectivity index (χ0) is 22.4. The number of hydrogen-bond acceptors (Lipinski definition) is 2. The summed E-state index contributed by atoms with van der Waals surface area (Å²) >= 11 is 0. The van der Waals surface area contributed by atoms with E-state index >= 15 is 0 Å². The van der Waals surface area contributed by atoms with Gasteiger partial charge in [-0.3, -0.25) is 4.79 Å². The van der Waals surface area contributed by atoms with E-state index in [0.29, 0.717) is 0 Å². The first-order valence-electron chi connectivity index (χ1n) is 11.0. The van der Waals surface area contributed by atoms with E-state index in [2.05, 4.69) is 93.2 Å². The third-order valence-corrected chi connectivity index (χ3v) is 6.04. The van der Waals surface area contributed by atoms with Gasteiger partial charge in [0, 0.05) is 12.1 Å². The van der Waals surface area contributed by atoms with E-state index in [1.165, 1.54) is 0 Å². The normalized spacial score (nSPS) is 13.4. The van der Waals surface area contributed by atoms with Gasteiger partial charge < -0.3 is 9.80 Å². The van der Waals surface area contributed by atoms with Crippen molar-refractivity contribution in [3.05, 3.63) is 108 Å². The molecule has 2 atom stereocenters. The lowest BCUT2D eigenvalue weighted by Gasteiger charge is -2.42. The van der Waals surface area contributed by atoms with Crippen molar-refractivity contribution in [1.29, 1.82) is 0 Å². The van der Waals surface area contributed by atoms with Gasteiger partial charge in [0.05, 0.1) is 12.0 Å². The van der Waals surface area contributed by atoms with Gasteiger partial charge >= 0.3 is 0 Å². The molecule has 3 aromatic rings. The number of carbonyl (C=O) groups excluding carboxylic acids is 1. The molecule has 3 heteroatoms. The standard InChI is InChI=1S/C28H34N2O/c1-21(2)30(27(22(3)29(4)5)25-19-13-8-14-20-25)28(31)26(23-15-9-6-10-16-23)24-17-11-7-12-18-24/h6-22,26-27H,1-5H3. The molecule has 0 N–H and O–H groups in total. The number of carbonyl (C=O) groups is 1. The molecule has 162 valence electrons. The van der Waals surface area contributed by atoms with Crippen molar-refractivity contribution in [3.8, 4) is 0 Å². The minimum atomic E-state index is -0.342. The van der Waals surface area contributed by atoms with Crippen LogP contribution in [0.25, 0.3) is 0 Å². The fraction of sp³-hybridized carbons (Fsp3) is 0.321. The smallest absolute Gasteiger partial charge is 0.235 e. The lowest BCUT2D eigenvalue weighted by molar-refractivity contribution is -0.138. The third-order valence-electron chi connectivity index (χ3n) is 6.04. The van der Waals surface area contributed by atoms with Gasteiger partial charge in [0.15, 0.2) is 0 Å². The second-order valence-corrected chi connectivity index (χ2v) is 8.65. The second-order valence-electron chi connectivity index (χ2n) is 8.65. The average molecular weight is 415 g/mol. The van der Waals surface area contributed by atoms with Gasteiger partial charge in [-0.05, 0) is 51.6 Å². The van der Waals surface area contributed by atoms with E-state index < -0.39 is 0 Å². The van der Waals surface area contributed by atoms with Gasteiger partial charge in [-0.15, -0.1) is 0 Å². The van der Waals surface area contributed by atoms with Gasteiger partial charge in [0.25, 0.3) is 0 Å². The van der Waals surface area contributed by atoms with Crippen LogP contribution in [0, 0.1) is 0 Å². The van der Waals surface area contributed by atoms with Crippen LogP contribution in [0.5, 0.6) is 0 Å². The van der Waals surface area contributed by atoms with Crippen molar-refractivity contribution >= 4 is 5.91 Å². The van der Waals surface area contributed by atoms with Crippen LogP contribution in [0.2, 0.25) is 0 Å². The molecule has 31 heavy (non-hydrogen) atoms. The zero-order valence-electron chi connectivity index (χ0n) is 19.3. The molecule has 0 aliphatic carbocycles. The van der Waals surface area contributed by atoms with Crippen LogP contribution in [0.1, 0.15) is 49.4 Å². The highest BCUT2D eigenvalue weighted by Gasteiger charge is 2.37. The highest BCUT2D eigenvalue weighted by Crippen LogP contribution is 2.35. The van der Waals surface area contributed by atoms with Crippen molar-refractivity contribution in [2.75, 3.05) is 14.1 Å². The van der Waals surface area contributed by atoms with Crippen molar-refractivity contribution < 1.29 is 4.79 Å². The molecular weight excluding hydrogens is 380 g/mol. The fourth-order valence-corrected chi connectivity index (χ4v) is 4.23. The molecule has 0 radical (unpaired) electrons. The Morgan fingerprint density at radius 3 is 1.39 bits per heavy atom. The van der Waals surface area contributed by atoms with Crippen molar-refractivity contribution in [2.24, 2.45) is 0 Å². The minimum absolute atomic E-state index is 0.0510. The molecule has 0 fully saturated rings. The lowest BCUT2D eigenvalue weighted by Crippen LogP contribution is -2.49. The topological polar surface area (TPSA) is 23.6 Å². The summed E-state index contributed by atoms with van der Waals surface area (Å²) in [4.78, 5) is 18.6. The van der Waals surface area contributed by atoms with Crippen molar-refractivity contribution in [3.63, 3.8) is 0 Å². The molecular formula is C28H34N2O. The molecule has 0 bridgehead atoms. The van der Waals surface area contributed by atoms with Gasteiger partial charge in [0.1, 0.15) is 0 Å². The van der Waals surface area contributed by atoms with Crippen LogP contribution < -0.4 is 0 Å². The molecule has 0 heterocycles. The molecule has 0 spiro atoms. The maximum Gasteiger partial charge on any atom is 0.235 e. The van der Waals surface area contributed by atoms with Crippen LogP contribution >= 0.6 is 0 Å². The van der Waals surface area contributed by atoms with Crippen LogP contribution in [0.15, 0.2) is 91.0 Å². The molecule has 3 rings (SSSR count). The number of nitrogens with zero attached hydrogens (tertiary/aromatic N) is 2. The van der Waals surface area contributed by atoms with Crippen LogP contribution in [-0.4, -0.2) is 41.9 Å². The first-order chi connectivity index (χ1) is 14.9. The summed E-state index contributed by atoms with van der Waals surface area (Å²) in [6, 6.07) is 30.8. The van der Waals surface area contributed by atoms with Crippen LogP contribution in [0.4, 0.5) is 0 Å². The predicted molar refractivity (Wildman–Crippen MR) is 129 cm³/mol. The Hall–Kier alpha value is -2.91. The molecule has 0 saturated heterocycles. The summed E-state index contributed by atoms with van der Waals surface area (Å²) < 4.78 is 0. The highest BCUT2D eigenvalue weighted by molar-refractivity contribution is 5.88. The van der Waals surface area contributed by atoms with Crippen molar-refractivity contribution in [1.82, 2.24) is 9.80 Å². The summed E-state index contributed by atoms with van der Waals surface area (Å²) in [5.41, 5.74) is 3.20. The van der Waals surface area contributed by atoms with Gasteiger partial charge in [-0.25, -0.2) is 0 Å². The molecule has 0 aromatic heterocycles. The molecule has 0 saturated carbocycles. The quantitative estimate of drug-likeness (QED) is 0.469. The maximum absolute atomic E-state index is 14.3. The molecule has 3 nitrogen and oxygen atoms in total. The van der Waals surface area contributed by atoms with Crippen LogP contribution in [0.3, 0.4) is 0 Å². The molecule has 3 aromatic carbocycles. The fourth-order valence-electron chi connectivity index (χ4n) is 4.23. The Bertz CT molecular complexity index is 899. The summed E-state index contributed by atoms with van der Waals surface area (Å²) in [7, 11) is 4.16. The summed E-state index contributed by atoms with van der Waals surface area (Å²) in [6.07, 6.45) is 0. The van der Waals surface area contributed by atoms with Gasteiger partial charge in [-0.2, -0.15) is 0 Å². The van der Waals surface area contributed by atoms with E-state index in [0.717, 1.165) is 16.7 Å². The second kappa shape index (κ2) is 10.4. The SMILES string of the molecule is CC(C(c1ccccc1)N(C(=O)C(c1ccccc1)c1ccccc1)C(C)C)N(C)C. The van der Waals surface area contributed by atoms with Gasteiger partial charge in [0.2, 0.25) is 5.91 Å². The largest absolute Gasteiger partial charge is 0.331 e. The Morgan fingerprint density at radius 1 is 0.645 bits per heavy atom. The number of likely N-dealkylation sites (N-methyl/N-ethyl adjacent to an activating group) is 1. The minimum Gasteiger partial charge on any atom is -0.331 e. The van der Waals surface area contributed by atoms with Crippen molar-refractivity contribution in [2.45, 2.75) is 44.8 Å². The summed E-state index contributed by atoms with van der Waals surface area (Å²) in [5, 5.41) is 0. The number of rotatable bonds is 8. The predicted octanol–water partition coefficient (Wildman–Crippen LogP) is 5.75.